The van der Waals surface area contributed by atoms with Crippen LogP contribution in [0, 0.1) is 0 Å². The number of methoxy groups -OCH3 is 1. The maximum atomic E-state index is 12.7. The van der Waals surface area contributed by atoms with Gasteiger partial charge >= 0.3 is 0 Å². The normalized spacial score (nSPS) is 10.2. The molecule has 0 saturated carbocycles. The Bertz CT molecular complexity index is 990. The number of carbonyl (C=O) groups is 2. The summed E-state index contributed by atoms with van der Waals surface area (Å²) in [6.45, 7) is 0.636. The highest BCUT2D eigenvalue weighted by Crippen LogP contribution is 2.21. The van der Waals surface area contributed by atoms with Crippen molar-refractivity contribution in [1.29, 1.82) is 0 Å². The summed E-state index contributed by atoms with van der Waals surface area (Å²) in [5.41, 5.74) is 1.62. The minimum Gasteiger partial charge on any atom is -0.490 e. The average molecular weight is 420 g/mol. The van der Waals surface area contributed by atoms with E-state index >= 15 is 0 Å². The van der Waals surface area contributed by atoms with E-state index in [-0.39, 0.29) is 18.4 Å². The van der Waals surface area contributed by atoms with E-state index in [0.717, 1.165) is 5.75 Å². The van der Waals surface area contributed by atoms with Gasteiger partial charge in [-0.1, -0.05) is 30.3 Å². The van der Waals surface area contributed by atoms with Gasteiger partial charge in [0, 0.05) is 18.5 Å². The topological polar surface area (TPSA) is 85.9 Å². The third kappa shape index (κ3) is 6.87. The summed E-state index contributed by atoms with van der Waals surface area (Å²) in [5, 5.41) is 5.53. The van der Waals surface area contributed by atoms with Crippen LogP contribution in [0.5, 0.6) is 11.5 Å². The Hall–Kier alpha value is -3.84. The van der Waals surface area contributed by atoms with Crippen LogP contribution < -0.4 is 20.1 Å². The van der Waals surface area contributed by atoms with Crippen LogP contribution in [0.15, 0.2) is 78.9 Å². The second-order valence-corrected chi connectivity index (χ2v) is 6.52. The molecular weight excluding hydrogens is 396 g/mol. The van der Waals surface area contributed by atoms with Crippen molar-refractivity contribution in [3.8, 4) is 11.5 Å². The van der Waals surface area contributed by atoms with E-state index in [2.05, 4.69) is 10.6 Å². The van der Waals surface area contributed by atoms with Crippen LogP contribution >= 0.6 is 0 Å². The molecule has 3 rings (SSSR count). The molecule has 0 spiro atoms. The van der Waals surface area contributed by atoms with Gasteiger partial charge in [-0.05, 0) is 48.5 Å². The van der Waals surface area contributed by atoms with Crippen molar-refractivity contribution >= 4 is 23.2 Å². The zero-order valence-corrected chi connectivity index (χ0v) is 17.2. The molecular formula is C24H24N2O5. The Kier molecular flexibility index (Phi) is 8.02. The van der Waals surface area contributed by atoms with Gasteiger partial charge in [0.25, 0.3) is 5.91 Å². The summed E-state index contributed by atoms with van der Waals surface area (Å²) >= 11 is 0. The smallest absolute Gasteiger partial charge is 0.259 e. The molecule has 0 fully saturated rings. The molecule has 3 aromatic carbocycles. The molecule has 0 saturated heterocycles. The van der Waals surface area contributed by atoms with Crippen molar-refractivity contribution in [2.45, 2.75) is 0 Å². The first-order valence-corrected chi connectivity index (χ1v) is 9.75. The summed E-state index contributed by atoms with van der Waals surface area (Å²) in [5.74, 6) is 0.691. The Morgan fingerprint density at radius 3 is 2.06 bits per heavy atom. The van der Waals surface area contributed by atoms with E-state index in [1.165, 1.54) is 7.11 Å². The van der Waals surface area contributed by atoms with E-state index in [4.69, 9.17) is 14.2 Å². The van der Waals surface area contributed by atoms with Crippen molar-refractivity contribution in [1.82, 2.24) is 0 Å². The van der Waals surface area contributed by atoms with Crippen LogP contribution in [-0.2, 0) is 9.53 Å². The molecule has 7 heteroatoms. The quantitative estimate of drug-likeness (QED) is 0.485. The zero-order valence-electron chi connectivity index (χ0n) is 17.2. The highest BCUT2D eigenvalue weighted by atomic mass is 16.5. The zero-order chi connectivity index (χ0) is 21.9. The fourth-order valence-electron chi connectivity index (χ4n) is 2.77. The number of amides is 2. The molecule has 160 valence electrons. The lowest BCUT2D eigenvalue weighted by Crippen LogP contribution is -2.17. The Morgan fingerprint density at radius 1 is 0.742 bits per heavy atom. The molecule has 7 nitrogen and oxygen atoms in total. The van der Waals surface area contributed by atoms with Crippen LogP contribution in [0.25, 0.3) is 0 Å². The molecule has 2 amide bonds. The predicted octanol–water partition coefficient (Wildman–Crippen LogP) is 3.98. The lowest BCUT2D eigenvalue weighted by Gasteiger charge is -2.13. The summed E-state index contributed by atoms with van der Waals surface area (Å²) < 4.78 is 16.2. The second kappa shape index (κ2) is 11.4. The number of anilines is 2. The second-order valence-electron chi connectivity index (χ2n) is 6.52. The summed E-state index contributed by atoms with van der Waals surface area (Å²) in [7, 11) is 1.45. The third-order valence-electron chi connectivity index (χ3n) is 4.19. The van der Waals surface area contributed by atoms with Gasteiger partial charge in [-0.15, -0.1) is 0 Å². The molecule has 0 atom stereocenters. The van der Waals surface area contributed by atoms with Gasteiger partial charge in [0.15, 0.2) is 0 Å². The first kappa shape index (κ1) is 21.9. The maximum absolute atomic E-state index is 12.7. The monoisotopic (exact) mass is 420 g/mol. The largest absolute Gasteiger partial charge is 0.490 e. The minimum absolute atomic E-state index is 0.0222. The molecule has 3 aromatic rings. The molecule has 0 radical (unpaired) electrons. The van der Waals surface area contributed by atoms with Crippen molar-refractivity contribution in [2.24, 2.45) is 0 Å². The molecule has 31 heavy (non-hydrogen) atoms. The van der Waals surface area contributed by atoms with E-state index in [1.807, 2.05) is 36.4 Å². The highest BCUT2D eigenvalue weighted by Gasteiger charge is 2.12. The molecule has 0 aromatic heterocycles. The average Bonchev–Trinajstić information content (AvgIpc) is 2.79. The number of ether oxygens (including phenoxy) is 3. The van der Waals surface area contributed by atoms with Crippen molar-refractivity contribution in [3.05, 3.63) is 84.4 Å². The summed E-state index contributed by atoms with van der Waals surface area (Å²) in [6, 6.07) is 23.3. The van der Waals surface area contributed by atoms with Gasteiger partial charge in [-0.25, -0.2) is 0 Å². The van der Waals surface area contributed by atoms with E-state index in [9.17, 15) is 9.59 Å². The number of benzene rings is 3. The minimum atomic E-state index is -0.296. The van der Waals surface area contributed by atoms with Crippen molar-refractivity contribution in [2.75, 3.05) is 37.6 Å². The summed E-state index contributed by atoms with van der Waals surface area (Å²) in [6.07, 6.45) is 0. The lowest BCUT2D eigenvalue weighted by molar-refractivity contribution is -0.119. The Morgan fingerprint density at radius 2 is 1.35 bits per heavy atom. The van der Waals surface area contributed by atoms with Gasteiger partial charge in [-0.3, -0.25) is 9.59 Å². The SMILES string of the molecule is COCC(=O)Nc1ccc(NC(=O)c2ccccc2OCCOc2ccccc2)cc1. The van der Waals surface area contributed by atoms with Gasteiger partial charge < -0.3 is 24.8 Å². The van der Waals surface area contributed by atoms with Gasteiger partial charge in [0.2, 0.25) is 5.91 Å². The first-order chi connectivity index (χ1) is 15.2. The fraction of sp³-hybridized carbons (Fsp3) is 0.167. The van der Waals surface area contributed by atoms with E-state index < -0.39 is 0 Å². The van der Waals surface area contributed by atoms with E-state index in [0.29, 0.717) is 35.9 Å². The molecule has 2 N–H and O–H groups in total. The van der Waals surface area contributed by atoms with Crippen LogP contribution in [0.4, 0.5) is 11.4 Å². The van der Waals surface area contributed by atoms with Gasteiger partial charge in [-0.2, -0.15) is 0 Å². The Labute approximate surface area is 180 Å². The van der Waals surface area contributed by atoms with Gasteiger partial charge in [0.05, 0.1) is 5.56 Å². The molecule has 0 bridgehead atoms. The van der Waals surface area contributed by atoms with Crippen LogP contribution in [-0.4, -0.2) is 38.7 Å². The third-order valence-corrected chi connectivity index (χ3v) is 4.19. The van der Waals surface area contributed by atoms with Crippen molar-refractivity contribution in [3.63, 3.8) is 0 Å². The molecule has 0 unspecified atom stereocenters. The van der Waals surface area contributed by atoms with Gasteiger partial charge in [0.1, 0.15) is 31.3 Å². The fourth-order valence-corrected chi connectivity index (χ4v) is 2.77. The van der Waals surface area contributed by atoms with Crippen LogP contribution in [0.3, 0.4) is 0 Å². The van der Waals surface area contributed by atoms with Crippen LogP contribution in [0.2, 0.25) is 0 Å². The number of para-hydroxylation sites is 2. The first-order valence-electron chi connectivity index (χ1n) is 9.75. The van der Waals surface area contributed by atoms with E-state index in [1.54, 1.807) is 42.5 Å². The molecule has 0 heterocycles. The Balaban J connectivity index is 1.55. The predicted molar refractivity (Wildman–Crippen MR) is 119 cm³/mol. The standard InChI is InChI=1S/C24H24N2O5/c1-29-17-23(27)25-18-11-13-19(14-12-18)26-24(28)21-9-5-6-10-22(21)31-16-15-30-20-7-3-2-4-8-20/h2-14H,15-17H2,1H3,(H,25,27)(H,26,28). The number of rotatable bonds is 10. The molecule has 0 aliphatic carbocycles. The number of hydrogen-bond donors (Lipinski definition) is 2. The van der Waals surface area contributed by atoms with Crippen LogP contribution in [0.1, 0.15) is 10.4 Å². The number of nitrogens with one attached hydrogen (secondary N) is 2. The molecule has 0 aliphatic rings. The number of carbonyl (C=O) groups excluding carboxylic acids is 2. The highest BCUT2D eigenvalue weighted by molar-refractivity contribution is 6.06. The lowest BCUT2D eigenvalue weighted by atomic mass is 10.2. The number of hydrogen-bond acceptors (Lipinski definition) is 5. The van der Waals surface area contributed by atoms with Crippen molar-refractivity contribution < 1.29 is 23.8 Å². The molecule has 0 aliphatic heterocycles. The maximum Gasteiger partial charge on any atom is 0.259 e. The summed E-state index contributed by atoms with van der Waals surface area (Å²) in [4.78, 5) is 24.3.